The van der Waals surface area contributed by atoms with E-state index in [0.717, 1.165) is 30.7 Å². The van der Waals surface area contributed by atoms with Crippen LogP contribution in [0.25, 0.3) is 10.9 Å². The number of hydrogen-bond acceptors (Lipinski definition) is 6. The summed E-state index contributed by atoms with van der Waals surface area (Å²) in [5.74, 6) is 7.70. The summed E-state index contributed by atoms with van der Waals surface area (Å²) in [5.41, 5.74) is 1.76. The van der Waals surface area contributed by atoms with Gasteiger partial charge < -0.3 is 5.11 Å². The summed E-state index contributed by atoms with van der Waals surface area (Å²) in [7, 11) is 0. The maximum absolute atomic E-state index is 10.0. The molecule has 0 atom stereocenters. The number of hydrogen-bond donors (Lipinski definition) is 1. The van der Waals surface area contributed by atoms with Crippen molar-refractivity contribution < 1.29 is 5.11 Å². The molecule has 1 aliphatic heterocycles. The molecule has 0 aliphatic carbocycles. The zero-order valence-electron chi connectivity index (χ0n) is 13.8. The van der Waals surface area contributed by atoms with E-state index in [4.69, 9.17) is 0 Å². The lowest BCUT2D eigenvalue weighted by Gasteiger charge is -2.22. The molecule has 1 fully saturated rings. The summed E-state index contributed by atoms with van der Waals surface area (Å²) in [4.78, 5) is 7.19. The third kappa shape index (κ3) is 5.48. The molecule has 2 heterocycles. The number of nitrogens with zero attached hydrogens (tertiary/aromatic N) is 2. The van der Waals surface area contributed by atoms with Crippen LogP contribution >= 0.6 is 35.3 Å². The molecule has 0 spiro atoms. The van der Waals surface area contributed by atoms with Gasteiger partial charge in [-0.1, -0.05) is 18.2 Å². The second-order valence-electron chi connectivity index (χ2n) is 5.76. The van der Waals surface area contributed by atoms with Gasteiger partial charge >= 0.3 is 0 Å². The smallest absolute Gasteiger partial charge is 0.141 e. The first-order valence-electron chi connectivity index (χ1n) is 8.36. The lowest BCUT2D eigenvalue weighted by atomic mass is 10.2. The predicted molar refractivity (Wildman–Crippen MR) is 111 cm³/mol. The Kier molecular flexibility index (Phi) is 7.45. The van der Waals surface area contributed by atoms with Crippen LogP contribution in [0.3, 0.4) is 0 Å². The Morgan fingerprint density at radius 2 is 1.54 bits per heavy atom. The Morgan fingerprint density at radius 3 is 2.25 bits per heavy atom. The van der Waals surface area contributed by atoms with Gasteiger partial charge in [0.25, 0.3) is 0 Å². The second-order valence-corrected chi connectivity index (χ2v) is 9.44. The number of rotatable bonds is 2. The Morgan fingerprint density at radius 1 is 0.875 bits per heavy atom. The normalized spacial score (nSPS) is 18.8. The minimum atomic E-state index is 0.270. The van der Waals surface area contributed by atoms with E-state index in [1.54, 1.807) is 6.07 Å². The summed E-state index contributed by atoms with van der Waals surface area (Å²) in [6, 6.07) is 9.72. The van der Waals surface area contributed by atoms with Crippen molar-refractivity contribution in [1.82, 2.24) is 9.88 Å². The molecule has 0 saturated carbocycles. The highest BCUT2D eigenvalue weighted by atomic mass is 32.2. The van der Waals surface area contributed by atoms with Crippen LogP contribution in [0.2, 0.25) is 0 Å². The molecule has 24 heavy (non-hydrogen) atoms. The standard InChI is InChI=1S/C18H24N2OS3/c21-17-3-1-2-15-4-5-16(19-18(15)17)14-20-6-8-22-10-12-24-13-11-23-9-7-20/h1-5,21H,6-14H2. The monoisotopic (exact) mass is 380 g/mol. The molecule has 1 aliphatic rings. The Bertz CT molecular complexity index is 641. The van der Waals surface area contributed by atoms with Crippen molar-refractivity contribution in [2.24, 2.45) is 0 Å². The van der Waals surface area contributed by atoms with Gasteiger partial charge in [0.1, 0.15) is 11.3 Å². The molecule has 0 bridgehead atoms. The zero-order chi connectivity index (χ0) is 16.6. The lowest BCUT2D eigenvalue weighted by molar-refractivity contribution is 0.297. The number of phenolic OH excluding ortho intramolecular Hbond substituents is 1. The van der Waals surface area contributed by atoms with Crippen LogP contribution in [-0.2, 0) is 6.54 Å². The van der Waals surface area contributed by atoms with Gasteiger partial charge in [-0.2, -0.15) is 35.3 Å². The van der Waals surface area contributed by atoms with Crippen LogP contribution in [-0.4, -0.2) is 62.6 Å². The molecule has 2 aromatic rings. The number of phenols is 1. The van der Waals surface area contributed by atoms with Crippen molar-refractivity contribution in [2.45, 2.75) is 6.54 Å². The maximum Gasteiger partial charge on any atom is 0.141 e. The molecule has 3 nitrogen and oxygen atoms in total. The molecule has 0 amide bonds. The summed E-state index contributed by atoms with van der Waals surface area (Å²) in [6.07, 6.45) is 0. The molecular formula is C18H24N2OS3. The van der Waals surface area contributed by atoms with Gasteiger partial charge in [0, 0.05) is 59.5 Å². The molecule has 130 valence electrons. The Balaban J connectivity index is 1.66. The highest BCUT2D eigenvalue weighted by molar-refractivity contribution is 8.04. The summed E-state index contributed by atoms with van der Waals surface area (Å²) in [5, 5.41) is 11.0. The fourth-order valence-corrected chi connectivity index (χ4v) is 5.96. The van der Waals surface area contributed by atoms with E-state index in [2.05, 4.69) is 57.3 Å². The third-order valence-electron chi connectivity index (χ3n) is 3.99. The van der Waals surface area contributed by atoms with E-state index in [-0.39, 0.29) is 5.75 Å². The predicted octanol–water partition coefficient (Wildman–Crippen LogP) is 3.96. The van der Waals surface area contributed by atoms with E-state index in [1.807, 2.05) is 12.1 Å². The molecule has 0 unspecified atom stereocenters. The fourth-order valence-electron chi connectivity index (χ4n) is 2.69. The number of fused-ring (bicyclic) bond motifs is 1. The number of pyridine rings is 1. The van der Waals surface area contributed by atoms with E-state index in [0.29, 0.717) is 5.52 Å². The first kappa shape index (κ1) is 18.2. The van der Waals surface area contributed by atoms with Gasteiger partial charge in [0.15, 0.2) is 0 Å². The molecule has 1 saturated heterocycles. The summed E-state index contributed by atoms with van der Waals surface area (Å²) < 4.78 is 0. The van der Waals surface area contributed by atoms with Crippen LogP contribution in [0, 0.1) is 0 Å². The molecule has 6 heteroatoms. The van der Waals surface area contributed by atoms with Crippen LogP contribution < -0.4 is 0 Å². The molecular weight excluding hydrogens is 356 g/mol. The summed E-state index contributed by atoms with van der Waals surface area (Å²) in [6.45, 7) is 3.08. The second kappa shape index (κ2) is 9.80. The van der Waals surface area contributed by atoms with Crippen molar-refractivity contribution in [1.29, 1.82) is 0 Å². The van der Waals surface area contributed by atoms with Crippen LogP contribution in [0.5, 0.6) is 5.75 Å². The number of thioether (sulfide) groups is 3. The van der Waals surface area contributed by atoms with E-state index >= 15 is 0 Å². The van der Waals surface area contributed by atoms with Crippen molar-refractivity contribution in [3.63, 3.8) is 0 Å². The van der Waals surface area contributed by atoms with Gasteiger partial charge in [0.05, 0.1) is 5.69 Å². The quantitative estimate of drug-likeness (QED) is 0.850. The largest absolute Gasteiger partial charge is 0.506 e. The fraction of sp³-hybridized carbons (Fsp3) is 0.500. The first-order valence-corrected chi connectivity index (χ1v) is 11.8. The third-order valence-corrected chi connectivity index (χ3v) is 7.42. The van der Waals surface area contributed by atoms with Crippen LogP contribution in [0.4, 0.5) is 0 Å². The average Bonchev–Trinajstić information content (AvgIpc) is 2.58. The molecule has 3 rings (SSSR count). The minimum absolute atomic E-state index is 0.270. The molecule has 1 N–H and O–H groups in total. The highest BCUT2D eigenvalue weighted by Gasteiger charge is 2.10. The minimum Gasteiger partial charge on any atom is -0.506 e. The first-order chi connectivity index (χ1) is 11.8. The van der Waals surface area contributed by atoms with Crippen molar-refractivity contribution in [2.75, 3.05) is 47.6 Å². The Labute approximate surface area is 157 Å². The topological polar surface area (TPSA) is 36.4 Å². The number of benzene rings is 1. The number of para-hydroxylation sites is 1. The van der Waals surface area contributed by atoms with Crippen LogP contribution in [0.1, 0.15) is 5.69 Å². The Hall–Kier alpha value is -0.560. The van der Waals surface area contributed by atoms with E-state index in [1.165, 1.54) is 34.5 Å². The van der Waals surface area contributed by atoms with Gasteiger partial charge in [-0.25, -0.2) is 4.98 Å². The van der Waals surface area contributed by atoms with E-state index in [9.17, 15) is 5.11 Å². The lowest BCUT2D eigenvalue weighted by Crippen LogP contribution is -2.29. The molecule has 0 radical (unpaired) electrons. The van der Waals surface area contributed by atoms with Crippen LogP contribution in [0.15, 0.2) is 30.3 Å². The van der Waals surface area contributed by atoms with Gasteiger partial charge in [0.2, 0.25) is 0 Å². The van der Waals surface area contributed by atoms with Gasteiger partial charge in [-0.3, -0.25) is 4.90 Å². The maximum atomic E-state index is 10.0. The van der Waals surface area contributed by atoms with Crippen molar-refractivity contribution >= 4 is 46.2 Å². The number of aromatic nitrogens is 1. The van der Waals surface area contributed by atoms with E-state index < -0.39 is 0 Å². The van der Waals surface area contributed by atoms with Crippen molar-refractivity contribution in [3.05, 3.63) is 36.0 Å². The van der Waals surface area contributed by atoms with Gasteiger partial charge in [-0.15, -0.1) is 0 Å². The van der Waals surface area contributed by atoms with Crippen molar-refractivity contribution in [3.8, 4) is 5.75 Å². The van der Waals surface area contributed by atoms with Gasteiger partial charge in [-0.05, 0) is 12.1 Å². The SMILES string of the molecule is Oc1cccc2ccc(CN3CCSCCSCCSCC3)nc12. The molecule has 1 aromatic heterocycles. The summed E-state index contributed by atoms with van der Waals surface area (Å²) >= 11 is 6.20. The highest BCUT2D eigenvalue weighted by Crippen LogP contribution is 2.23. The number of aromatic hydroxyl groups is 1. The zero-order valence-corrected chi connectivity index (χ0v) is 16.3. The average molecular weight is 381 g/mol. The molecule has 1 aromatic carbocycles.